The summed E-state index contributed by atoms with van der Waals surface area (Å²) in [6.45, 7) is 8.39. The van der Waals surface area contributed by atoms with Gasteiger partial charge in [-0.3, -0.25) is 0 Å². The van der Waals surface area contributed by atoms with E-state index in [1.165, 1.54) is 49.6 Å². The lowest BCUT2D eigenvalue weighted by Crippen LogP contribution is -2.46. The number of benzene rings is 4. The van der Waals surface area contributed by atoms with E-state index in [0.29, 0.717) is 12.6 Å². The first-order valence-electron chi connectivity index (χ1n) is 14.7. The monoisotopic (exact) mass is 538 g/mol. The highest BCUT2D eigenvalue weighted by Crippen LogP contribution is 2.52. The molecule has 1 aromatic heterocycles. The zero-order valence-electron chi connectivity index (χ0n) is 24.1. The Hall–Kier alpha value is -3.96. The van der Waals surface area contributed by atoms with Gasteiger partial charge in [0, 0.05) is 22.7 Å². The molecule has 206 valence electrons. The van der Waals surface area contributed by atoms with Crippen LogP contribution in [-0.2, 0) is 12.1 Å². The van der Waals surface area contributed by atoms with E-state index in [2.05, 4.69) is 139 Å². The Morgan fingerprint density at radius 1 is 0.902 bits per heavy atom. The summed E-state index contributed by atoms with van der Waals surface area (Å²) in [6.07, 6.45) is 7.45. The van der Waals surface area contributed by atoms with Crippen molar-refractivity contribution in [3.63, 3.8) is 0 Å². The van der Waals surface area contributed by atoms with Crippen molar-refractivity contribution in [2.75, 3.05) is 6.54 Å². The summed E-state index contributed by atoms with van der Waals surface area (Å²) in [7, 11) is 0. The second-order valence-corrected chi connectivity index (χ2v) is 12.2. The van der Waals surface area contributed by atoms with Crippen LogP contribution in [0.4, 0.5) is 0 Å². The van der Waals surface area contributed by atoms with Gasteiger partial charge < -0.3 is 10.3 Å². The fourth-order valence-corrected chi connectivity index (χ4v) is 7.03. The summed E-state index contributed by atoms with van der Waals surface area (Å²) in [5.74, 6) is 0.553. The minimum atomic E-state index is -0.313. The van der Waals surface area contributed by atoms with Gasteiger partial charge in [0.2, 0.25) is 0 Å². The van der Waals surface area contributed by atoms with E-state index in [1.54, 1.807) is 0 Å². The number of hydrogen-bond donors (Lipinski definition) is 2. The molecule has 4 heteroatoms. The molecule has 0 amide bonds. The second-order valence-electron chi connectivity index (χ2n) is 12.2. The van der Waals surface area contributed by atoms with Crippen LogP contribution >= 0.6 is 0 Å². The van der Waals surface area contributed by atoms with Gasteiger partial charge in [-0.15, -0.1) is 0 Å². The van der Waals surface area contributed by atoms with E-state index in [1.807, 2.05) is 6.07 Å². The highest BCUT2D eigenvalue weighted by molar-refractivity contribution is 6.12. The molecule has 0 saturated heterocycles. The first-order valence-corrected chi connectivity index (χ1v) is 14.7. The van der Waals surface area contributed by atoms with E-state index < -0.39 is 0 Å². The summed E-state index contributed by atoms with van der Waals surface area (Å²) >= 11 is 0. The number of aromatic nitrogens is 1. The largest absolute Gasteiger partial charge is 0.325 e. The average Bonchev–Trinajstić information content (AvgIpc) is 3.44. The summed E-state index contributed by atoms with van der Waals surface area (Å²) in [5, 5.41) is 4.79. The number of rotatable bonds is 7. The average molecular weight is 539 g/mol. The topological polar surface area (TPSA) is 46.2 Å². The normalized spacial score (nSPS) is 18.1. The third-order valence-electron chi connectivity index (χ3n) is 9.08. The molecule has 0 aliphatic heterocycles. The fraction of sp³-hybridized carbons (Fsp3) is 0.243. The van der Waals surface area contributed by atoms with Crippen LogP contribution in [0.3, 0.4) is 0 Å². The van der Waals surface area contributed by atoms with E-state index in [-0.39, 0.29) is 11.6 Å². The number of nitrogens with zero attached hydrogens (tertiary/aromatic N) is 2. The van der Waals surface area contributed by atoms with Gasteiger partial charge in [-0.25, -0.2) is 10.4 Å². The Kier molecular flexibility index (Phi) is 6.43. The molecule has 0 radical (unpaired) electrons. The van der Waals surface area contributed by atoms with Crippen LogP contribution < -0.4 is 11.2 Å². The van der Waals surface area contributed by atoms with Crippen LogP contribution in [0.1, 0.15) is 50.0 Å². The maximum Gasteiger partial charge on any atom is 0.0987 e. The summed E-state index contributed by atoms with van der Waals surface area (Å²) < 4.78 is 2.49. The number of fused-ring (bicyclic) bond motifs is 7. The van der Waals surface area contributed by atoms with E-state index in [9.17, 15) is 0 Å². The Morgan fingerprint density at radius 3 is 2.49 bits per heavy atom. The number of nitrogens with two attached hydrogens (primary N) is 1. The maximum absolute atomic E-state index is 7.04. The van der Waals surface area contributed by atoms with E-state index in [4.69, 9.17) is 5.73 Å². The van der Waals surface area contributed by atoms with Crippen LogP contribution in [-0.4, -0.2) is 16.1 Å². The Bertz CT molecular complexity index is 1810. The van der Waals surface area contributed by atoms with Gasteiger partial charge in [-0.05, 0) is 46.2 Å². The quantitative estimate of drug-likeness (QED) is 0.163. The molecule has 2 aliphatic rings. The molecule has 2 atom stereocenters. The van der Waals surface area contributed by atoms with Gasteiger partial charge in [0.1, 0.15) is 0 Å². The summed E-state index contributed by atoms with van der Waals surface area (Å²) in [5.41, 5.74) is 21.2. The molecule has 0 bridgehead atoms. The molecule has 4 aromatic carbocycles. The molecule has 1 heterocycles. The van der Waals surface area contributed by atoms with Crippen LogP contribution in [0.15, 0.2) is 115 Å². The Labute approximate surface area is 242 Å². The molecule has 0 fully saturated rings. The molecular weight excluding hydrogens is 500 g/mol. The third-order valence-corrected chi connectivity index (χ3v) is 9.08. The van der Waals surface area contributed by atoms with Gasteiger partial charge in [0.05, 0.1) is 23.9 Å². The second kappa shape index (κ2) is 10.1. The van der Waals surface area contributed by atoms with Gasteiger partial charge in [0.25, 0.3) is 0 Å². The van der Waals surface area contributed by atoms with Gasteiger partial charge in [0.15, 0.2) is 0 Å². The van der Waals surface area contributed by atoms with Gasteiger partial charge in [-0.2, -0.15) is 0 Å². The minimum Gasteiger partial charge on any atom is -0.325 e. The van der Waals surface area contributed by atoms with Crippen molar-refractivity contribution in [2.24, 2.45) is 11.7 Å². The molecule has 41 heavy (non-hydrogen) atoms. The molecule has 7 rings (SSSR count). The molecule has 5 aromatic rings. The highest BCUT2D eigenvalue weighted by atomic mass is 15.6. The number of allylic oxidation sites excluding steroid dienone is 3. The number of hydrogen-bond acceptors (Lipinski definition) is 3. The fourth-order valence-electron chi connectivity index (χ4n) is 7.03. The minimum absolute atomic E-state index is 0.118. The molecule has 2 unspecified atom stereocenters. The molecule has 2 aliphatic carbocycles. The highest BCUT2D eigenvalue weighted by Gasteiger charge is 2.38. The molecular formula is C37H38N4. The first kappa shape index (κ1) is 26.0. The van der Waals surface area contributed by atoms with Crippen molar-refractivity contribution in [3.05, 3.63) is 131 Å². The van der Waals surface area contributed by atoms with Crippen LogP contribution in [0.2, 0.25) is 0 Å². The van der Waals surface area contributed by atoms with Crippen molar-refractivity contribution in [2.45, 2.75) is 45.4 Å². The predicted molar refractivity (Wildman–Crippen MR) is 171 cm³/mol. The van der Waals surface area contributed by atoms with Crippen molar-refractivity contribution in [1.82, 2.24) is 15.0 Å². The molecule has 0 saturated carbocycles. The van der Waals surface area contributed by atoms with Crippen molar-refractivity contribution in [1.29, 1.82) is 0 Å². The lowest BCUT2D eigenvalue weighted by molar-refractivity contribution is 0.0938. The van der Waals surface area contributed by atoms with Crippen LogP contribution in [0.25, 0.3) is 32.9 Å². The van der Waals surface area contributed by atoms with Crippen molar-refractivity contribution < 1.29 is 0 Å². The Balaban J connectivity index is 1.38. The van der Waals surface area contributed by atoms with Gasteiger partial charge in [-0.1, -0.05) is 130 Å². The smallest absolute Gasteiger partial charge is 0.0987 e. The maximum atomic E-state index is 7.04. The molecule has 0 spiro atoms. The standard InChI is InChI=1S/C37H38N4/c1-25-12-11-13-26(22-25)23-39-41(36(38)27-14-5-4-6-15-27)24-40-33-19-10-8-17-29(33)31-21-20-30-28-16-7-9-18-32(28)37(2,3)34(30)35(31)40/h4-21,25,36,39H,22-24,38H2,1-3H3. The van der Waals surface area contributed by atoms with Crippen molar-refractivity contribution >= 4 is 21.8 Å². The zero-order valence-corrected chi connectivity index (χ0v) is 24.1. The summed E-state index contributed by atoms with van der Waals surface area (Å²) in [4.78, 5) is 0. The summed E-state index contributed by atoms with van der Waals surface area (Å²) in [6, 6.07) is 32.8. The van der Waals surface area contributed by atoms with Gasteiger partial charge >= 0.3 is 0 Å². The van der Waals surface area contributed by atoms with E-state index in [0.717, 1.165) is 18.5 Å². The van der Waals surface area contributed by atoms with Crippen LogP contribution in [0, 0.1) is 5.92 Å². The Morgan fingerprint density at radius 2 is 1.66 bits per heavy atom. The lowest BCUT2D eigenvalue weighted by atomic mass is 9.81. The molecule has 4 nitrogen and oxygen atoms in total. The number of para-hydroxylation sites is 1. The third kappa shape index (κ3) is 4.34. The SMILES string of the molecule is CC1C=CC=C(CNN(Cn2c3ccccc3c3ccc4c(c32)C(C)(C)c2ccccc2-4)C(N)c2ccccc2)C1. The lowest BCUT2D eigenvalue weighted by Gasteiger charge is -2.32. The van der Waals surface area contributed by atoms with Crippen molar-refractivity contribution in [3.8, 4) is 11.1 Å². The van der Waals surface area contributed by atoms with E-state index >= 15 is 0 Å². The predicted octanol–water partition coefficient (Wildman–Crippen LogP) is 8.04. The number of nitrogens with one attached hydrogen (secondary N) is 1. The number of hydrazine groups is 1. The first-order chi connectivity index (χ1) is 19.9. The zero-order chi connectivity index (χ0) is 28.1. The molecule has 3 N–H and O–H groups in total. The van der Waals surface area contributed by atoms with Crippen LogP contribution in [0.5, 0.6) is 0 Å².